The molecule has 8 nitrogen and oxygen atoms in total. The van der Waals surface area contributed by atoms with Crippen LogP contribution in [0.2, 0.25) is 0 Å². The van der Waals surface area contributed by atoms with Crippen molar-refractivity contribution in [1.29, 1.82) is 5.26 Å². The molecule has 0 radical (unpaired) electrons. The van der Waals surface area contributed by atoms with Gasteiger partial charge in [-0.2, -0.15) is 23.5 Å². The quantitative estimate of drug-likeness (QED) is 0.406. The zero-order valence-electron chi connectivity index (χ0n) is 22.3. The normalized spacial score (nSPS) is 22.8. The summed E-state index contributed by atoms with van der Waals surface area (Å²) in [4.78, 5) is 15.2. The van der Waals surface area contributed by atoms with E-state index in [-0.39, 0.29) is 17.9 Å². The number of fused-ring (bicyclic) bond motifs is 1. The van der Waals surface area contributed by atoms with Gasteiger partial charge in [0.15, 0.2) is 9.84 Å². The summed E-state index contributed by atoms with van der Waals surface area (Å²) in [7, 11) is -3.06. The van der Waals surface area contributed by atoms with Crippen LogP contribution in [-0.2, 0) is 14.6 Å². The van der Waals surface area contributed by atoms with Crippen molar-refractivity contribution in [3.8, 4) is 17.2 Å². The van der Waals surface area contributed by atoms with Gasteiger partial charge in [-0.15, -0.1) is 0 Å². The minimum atomic E-state index is -4.73. The maximum Gasteiger partial charge on any atom is 0.392 e. The van der Waals surface area contributed by atoms with E-state index in [0.29, 0.717) is 35.4 Å². The van der Waals surface area contributed by atoms with Crippen LogP contribution in [0.15, 0.2) is 48.7 Å². The largest absolute Gasteiger partial charge is 0.392 e. The SMILES string of the molecule is N#CC(CC(F)(F)F)NC(=O)[C@@H]1CC(F)(F)CC[C@H]1c1nn2ccccc2c1-c1ccc(N2CCS(=O)(=O)CC2)cc1. The zero-order chi connectivity index (χ0) is 30.3. The van der Waals surface area contributed by atoms with Crippen molar-refractivity contribution in [2.45, 2.75) is 49.7 Å². The molecule has 1 aliphatic carbocycles. The van der Waals surface area contributed by atoms with E-state index in [1.807, 2.05) is 34.5 Å². The minimum Gasteiger partial charge on any atom is -0.369 e. The molecule has 1 amide bonds. The molecule has 14 heteroatoms. The number of nitrogens with zero attached hydrogens (tertiary/aromatic N) is 4. The minimum absolute atomic E-state index is 0.0539. The van der Waals surface area contributed by atoms with Crippen molar-refractivity contribution < 1.29 is 35.2 Å². The molecule has 0 bridgehead atoms. The number of carbonyl (C=O) groups is 1. The van der Waals surface area contributed by atoms with Crippen LogP contribution in [0.25, 0.3) is 16.6 Å². The van der Waals surface area contributed by atoms with E-state index < -0.39 is 65.0 Å². The predicted molar refractivity (Wildman–Crippen MR) is 145 cm³/mol. The molecule has 2 aromatic heterocycles. The Labute approximate surface area is 239 Å². The number of hydrogen-bond donors (Lipinski definition) is 1. The lowest BCUT2D eigenvalue weighted by atomic mass is 9.73. The van der Waals surface area contributed by atoms with Crippen LogP contribution >= 0.6 is 0 Å². The lowest BCUT2D eigenvalue weighted by Gasteiger charge is -2.35. The predicted octanol–water partition coefficient (Wildman–Crippen LogP) is 4.72. The van der Waals surface area contributed by atoms with Gasteiger partial charge in [0.2, 0.25) is 11.8 Å². The van der Waals surface area contributed by atoms with Crippen molar-refractivity contribution in [2.24, 2.45) is 5.92 Å². The van der Waals surface area contributed by atoms with Crippen molar-refractivity contribution >= 4 is 26.9 Å². The molecule has 0 spiro atoms. The molecular weight excluding hydrogens is 581 g/mol. The van der Waals surface area contributed by atoms with E-state index in [4.69, 9.17) is 0 Å². The third-order valence-electron chi connectivity index (χ3n) is 7.85. The molecule has 3 atom stereocenters. The maximum atomic E-state index is 14.6. The van der Waals surface area contributed by atoms with E-state index in [1.165, 1.54) is 6.07 Å². The van der Waals surface area contributed by atoms with Crippen molar-refractivity contribution in [2.75, 3.05) is 29.5 Å². The van der Waals surface area contributed by atoms with Crippen LogP contribution in [-0.4, -0.2) is 66.7 Å². The summed E-state index contributed by atoms with van der Waals surface area (Å²) in [6, 6.07) is 12.1. The highest BCUT2D eigenvalue weighted by atomic mass is 32.2. The highest BCUT2D eigenvalue weighted by Gasteiger charge is 2.47. The second-order valence-corrected chi connectivity index (χ2v) is 13.1. The molecule has 1 aromatic carbocycles. The number of anilines is 1. The number of pyridine rings is 1. The van der Waals surface area contributed by atoms with E-state index >= 15 is 0 Å². The Bertz CT molecular complexity index is 1600. The topological polar surface area (TPSA) is 108 Å². The van der Waals surface area contributed by atoms with E-state index in [0.717, 1.165) is 5.69 Å². The van der Waals surface area contributed by atoms with Crippen LogP contribution in [0.1, 0.15) is 37.3 Å². The number of hydrogen-bond acceptors (Lipinski definition) is 6. The molecule has 2 aliphatic rings. The molecular formula is C28H28F5N5O3S. The Morgan fingerprint density at radius 3 is 2.48 bits per heavy atom. The number of benzene rings is 1. The van der Waals surface area contributed by atoms with Crippen LogP contribution in [0.4, 0.5) is 27.6 Å². The first-order valence-corrected chi connectivity index (χ1v) is 15.2. The number of rotatable bonds is 6. The average molecular weight is 610 g/mol. The third kappa shape index (κ3) is 6.51. The molecule has 1 aliphatic heterocycles. The fraction of sp³-hybridized carbons (Fsp3) is 0.464. The van der Waals surface area contributed by atoms with Crippen molar-refractivity contribution in [3.05, 3.63) is 54.4 Å². The van der Waals surface area contributed by atoms with Crippen LogP contribution in [0.5, 0.6) is 0 Å². The van der Waals surface area contributed by atoms with Gasteiger partial charge < -0.3 is 10.2 Å². The maximum absolute atomic E-state index is 14.6. The molecule has 1 unspecified atom stereocenters. The Kier molecular flexibility index (Phi) is 7.91. The van der Waals surface area contributed by atoms with E-state index in [9.17, 15) is 40.4 Å². The fourth-order valence-electron chi connectivity index (χ4n) is 5.76. The van der Waals surface area contributed by atoms with Gasteiger partial charge in [0.05, 0.1) is 41.1 Å². The summed E-state index contributed by atoms with van der Waals surface area (Å²) in [5.74, 6) is -6.43. The number of nitriles is 1. The van der Waals surface area contributed by atoms with E-state index in [2.05, 4.69) is 5.10 Å². The van der Waals surface area contributed by atoms with Gasteiger partial charge in [-0.3, -0.25) is 4.79 Å². The van der Waals surface area contributed by atoms with Gasteiger partial charge in [-0.05, 0) is 36.2 Å². The number of aromatic nitrogens is 2. The summed E-state index contributed by atoms with van der Waals surface area (Å²) < 4.78 is 93.2. The summed E-state index contributed by atoms with van der Waals surface area (Å²) in [6.45, 7) is 0.712. The highest BCUT2D eigenvalue weighted by molar-refractivity contribution is 7.91. The standard InChI is InChI=1S/C28H28F5N5O3S/c29-27(30)9-8-21(22(16-27)26(39)35-19(17-34)15-28(31,32)33)25-24(23-3-1-2-10-38(23)36-25)18-4-6-20(7-5-18)37-11-13-42(40,41)14-12-37/h1-7,10,19,21-22H,8-9,11-16H2,(H,35,39)/t19?,21-,22-/m1/s1. The van der Waals surface area contributed by atoms with Gasteiger partial charge in [0, 0.05) is 49.3 Å². The second kappa shape index (κ2) is 11.2. The smallest absolute Gasteiger partial charge is 0.369 e. The lowest BCUT2D eigenvalue weighted by Crippen LogP contribution is -2.45. The van der Waals surface area contributed by atoms with Crippen LogP contribution in [0.3, 0.4) is 0 Å². The van der Waals surface area contributed by atoms with Crippen molar-refractivity contribution in [1.82, 2.24) is 14.9 Å². The molecule has 1 saturated heterocycles. The molecule has 3 aromatic rings. The summed E-state index contributed by atoms with van der Waals surface area (Å²) in [5, 5.41) is 15.9. The average Bonchev–Trinajstić information content (AvgIpc) is 3.31. The first kappa shape index (κ1) is 29.8. The molecule has 42 heavy (non-hydrogen) atoms. The number of amides is 1. The van der Waals surface area contributed by atoms with Crippen molar-refractivity contribution in [3.63, 3.8) is 0 Å². The molecule has 5 rings (SSSR count). The number of sulfone groups is 1. The number of nitrogens with one attached hydrogen (secondary N) is 1. The van der Waals surface area contributed by atoms with Gasteiger partial charge in [0.25, 0.3) is 0 Å². The van der Waals surface area contributed by atoms with Crippen LogP contribution in [0, 0.1) is 17.2 Å². The first-order valence-electron chi connectivity index (χ1n) is 13.4. The molecule has 1 saturated carbocycles. The number of carbonyl (C=O) groups excluding carboxylic acids is 1. The Hall–Kier alpha value is -3.73. The number of alkyl halides is 5. The zero-order valence-corrected chi connectivity index (χ0v) is 23.1. The summed E-state index contributed by atoms with van der Waals surface area (Å²) >= 11 is 0. The van der Waals surface area contributed by atoms with Crippen LogP contribution < -0.4 is 10.2 Å². The Balaban J connectivity index is 1.50. The molecule has 3 heterocycles. The summed E-state index contributed by atoms with van der Waals surface area (Å²) in [6.07, 6.45) is -6.22. The third-order valence-corrected chi connectivity index (χ3v) is 9.46. The Morgan fingerprint density at radius 2 is 1.83 bits per heavy atom. The first-order chi connectivity index (χ1) is 19.8. The van der Waals surface area contributed by atoms with E-state index in [1.54, 1.807) is 28.9 Å². The highest BCUT2D eigenvalue weighted by Crippen LogP contribution is 2.48. The fourth-order valence-corrected chi connectivity index (χ4v) is 6.96. The van der Waals surface area contributed by atoms with Gasteiger partial charge >= 0.3 is 6.18 Å². The molecule has 224 valence electrons. The monoisotopic (exact) mass is 609 g/mol. The van der Waals surface area contributed by atoms with Gasteiger partial charge in [-0.25, -0.2) is 21.7 Å². The van der Waals surface area contributed by atoms with Gasteiger partial charge in [-0.1, -0.05) is 18.2 Å². The van der Waals surface area contributed by atoms with Gasteiger partial charge in [0.1, 0.15) is 6.04 Å². The number of halogens is 5. The lowest BCUT2D eigenvalue weighted by molar-refractivity contribution is -0.143. The molecule has 1 N–H and O–H groups in total. The second-order valence-electron chi connectivity index (χ2n) is 10.8. The Morgan fingerprint density at radius 1 is 1.14 bits per heavy atom. The summed E-state index contributed by atoms with van der Waals surface area (Å²) in [5.41, 5.74) is 3.10. The molecule has 2 fully saturated rings.